The molecular formula is C20H21N3O2. The Hall–Kier alpha value is -2.95. The maximum Gasteiger partial charge on any atom is 0.259 e. The molecule has 5 nitrogen and oxygen atoms in total. The molecule has 0 heterocycles. The van der Waals surface area contributed by atoms with Gasteiger partial charge >= 0.3 is 0 Å². The van der Waals surface area contributed by atoms with Crippen LogP contribution in [0, 0.1) is 6.92 Å². The number of carbonyl (C=O) groups excluding carboxylic acids is 2. The van der Waals surface area contributed by atoms with E-state index < -0.39 is 0 Å². The number of fused-ring (bicyclic) bond motifs is 1. The van der Waals surface area contributed by atoms with Crippen molar-refractivity contribution in [2.24, 2.45) is 5.10 Å². The predicted octanol–water partition coefficient (Wildman–Crippen LogP) is 3.00. The minimum atomic E-state index is -0.291. The number of benzene rings is 2. The zero-order valence-electron chi connectivity index (χ0n) is 14.4. The van der Waals surface area contributed by atoms with Gasteiger partial charge in [-0.2, -0.15) is 5.10 Å². The van der Waals surface area contributed by atoms with E-state index in [1.165, 1.54) is 0 Å². The largest absolute Gasteiger partial charge is 0.376 e. The van der Waals surface area contributed by atoms with Gasteiger partial charge in [-0.25, -0.2) is 5.43 Å². The molecule has 0 saturated heterocycles. The molecular weight excluding hydrogens is 314 g/mol. The second-order valence-corrected chi connectivity index (χ2v) is 6.08. The van der Waals surface area contributed by atoms with Crippen LogP contribution in [0.4, 0.5) is 5.69 Å². The molecule has 3 rings (SSSR count). The summed E-state index contributed by atoms with van der Waals surface area (Å²) in [5, 5.41) is 7.18. The Labute approximate surface area is 147 Å². The van der Waals surface area contributed by atoms with Gasteiger partial charge in [0.15, 0.2) is 5.78 Å². The van der Waals surface area contributed by atoms with Gasteiger partial charge in [-0.1, -0.05) is 49.4 Å². The van der Waals surface area contributed by atoms with Crippen molar-refractivity contribution in [1.82, 2.24) is 5.43 Å². The molecule has 2 aromatic rings. The number of nitrogens with one attached hydrogen (secondary N) is 2. The lowest BCUT2D eigenvalue weighted by Crippen LogP contribution is -2.28. The number of aryl methyl sites for hydroxylation is 1. The van der Waals surface area contributed by atoms with Crippen LogP contribution in [0.1, 0.15) is 36.0 Å². The van der Waals surface area contributed by atoms with Gasteiger partial charge in [0.05, 0.1) is 6.54 Å². The SMILES string of the molecule is CCC1C(=O)C(=NNC(=O)CNc2ccccc2C)c2ccccc21. The van der Waals surface area contributed by atoms with Crippen molar-refractivity contribution in [3.63, 3.8) is 0 Å². The minimum Gasteiger partial charge on any atom is -0.376 e. The van der Waals surface area contributed by atoms with Crippen LogP contribution in [0.25, 0.3) is 0 Å². The average Bonchev–Trinajstić information content (AvgIpc) is 2.90. The number of anilines is 1. The molecule has 1 atom stereocenters. The van der Waals surface area contributed by atoms with E-state index in [4.69, 9.17) is 0 Å². The first-order valence-electron chi connectivity index (χ1n) is 8.41. The zero-order chi connectivity index (χ0) is 17.8. The number of para-hydroxylation sites is 1. The first-order chi connectivity index (χ1) is 12.1. The third-order valence-corrected chi connectivity index (χ3v) is 4.43. The van der Waals surface area contributed by atoms with E-state index >= 15 is 0 Å². The first-order valence-corrected chi connectivity index (χ1v) is 8.41. The Morgan fingerprint density at radius 2 is 1.84 bits per heavy atom. The van der Waals surface area contributed by atoms with Crippen molar-refractivity contribution in [1.29, 1.82) is 0 Å². The molecule has 0 spiro atoms. The molecule has 1 aliphatic rings. The van der Waals surface area contributed by atoms with E-state index in [1.54, 1.807) is 0 Å². The summed E-state index contributed by atoms with van der Waals surface area (Å²) in [7, 11) is 0. The average molecular weight is 335 g/mol. The van der Waals surface area contributed by atoms with Crippen molar-refractivity contribution < 1.29 is 9.59 Å². The van der Waals surface area contributed by atoms with E-state index in [-0.39, 0.29) is 24.2 Å². The van der Waals surface area contributed by atoms with Crippen LogP contribution < -0.4 is 10.7 Å². The number of amides is 1. The van der Waals surface area contributed by atoms with Crippen molar-refractivity contribution in [3.8, 4) is 0 Å². The van der Waals surface area contributed by atoms with Crippen LogP contribution in [0.5, 0.6) is 0 Å². The predicted molar refractivity (Wildman–Crippen MR) is 98.8 cm³/mol. The molecule has 0 radical (unpaired) electrons. The molecule has 0 bridgehead atoms. The van der Waals surface area contributed by atoms with Crippen molar-refractivity contribution in [2.45, 2.75) is 26.2 Å². The van der Waals surface area contributed by atoms with E-state index in [0.29, 0.717) is 5.71 Å². The highest BCUT2D eigenvalue weighted by Gasteiger charge is 2.35. The minimum absolute atomic E-state index is 0.0316. The number of nitrogens with zero attached hydrogens (tertiary/aromatic N) is 1. The Morgan fingerprint density at radius 3 is 2.60 bits per heavy atom. The number of hydrazone groups is 1. The van der Waals surface area contributed by atoms with Gasteiger partial charge in [-0.3, -0.25) is 9.59 Å². The summed E-state index contributed by atoms with van der Waals surface area (Å²) in [6.07, 6.45) is 0.720. The summed E-state index contributed by atoms with van der Waals surface area (Å²) in [6.45, 7) is 4.04. The Balaban J connectivity index is 1.68. The Morgan fingerprint density at radius 1 is 1.12 bits per heavy atom. The molecule has 0 fully saturated rings. The summed E-state index contributed by atoms with van der Waals surface area (Å²) in [6, 6.07) is 15.4. The zero-order valence-corrected chi connectivity index (χ0v) is 14.4. The highest BCUT2D eigenvalue weighted by molar-refractivity contribution is 6.51. The van der Waals surface area contributed by atoms with Crippen molar-refractivity contribution in [2.75, 3.05) is 11.9 Å². The number of ketones is 1. The fourth-order valence-corrected chi connectivity index (χ4v) is 3.08. The fraction of sp³-hybridized carbons (Fsp3) is 0.250. The third kappa shape index (κ3) is 3.45. The molecule has 0 aromatic heterocycles. The monoisotopic (exact) mass is 335 g/mol. The van der Waals surface area contributed by atoms with Crippen LogP contribution in [-0.4, -0.2) is 23.9 Å². The normalized spacial score (nSPS) is 17.4. The molecule has 0 aliphatic heterocycles. The lowest BCUT2D eigenvalue weighted by Gasteiger charge is -2.08. The maximum absolute atomic E-state index is 12.5. The van der Waals surface area contributed by atoms with E-state index in [9.17, 15) is 9.59 Å². The summed E-state index contributed by atoms with van der Waals surface area (Å²) >= 11 is 0. The molecule has 2 aromatic carbocycles. The van der Waals surface area contributed by atoms with E-state index in [2.05, 4.69) is 15.8 Å². The third-order valence-electron chi connectivity index (χ3n) is 4.43. The van der Waals surface area contributed by atoms with E-state index in [1.807, 2.05) is 62.4 Å². The van der Waals surface area contributed by atoms with Crippen molar-refractivity contribution >= 4 is 23.1 Å². The molecule has 25 heavy (non-hydrogen) atoms. The van der Waals surface area contributed by atoms with Crippen LogP contribution in [-0.2, 0) is 9.59 Å². The van der Waals surface area contributed by atoms with Gasteiger partial charge in [-0.05, 0) is 30.5 Å². The molecule has 5 heteroatoms. The first kappa shape index (κ1) is 16.9. The second kappa shape index (κ2) is 7.30. The van der Waals surface area contributed by atoms with Crippen LogP contribution in [0.2, 0.25) is 0 Å². The van der Waals surface area contributed by atoms with Crippen LogP contribution in [0.3, 0.4) is 0 Å². The van der Waals surface area contributed by atoms with Gasteiger partial charge < -0.3 is 5.32 Å². The summed E-state index contributed by atoms with van der Waals surface area (Å²) in [5.74, 6) is -0.492. The highest BCUT2D eigenvalue weighted by atomic mass is 16.2. The maximum atomic E-state index is 12.5. The molecule has 128 valence electrons. The van der Waals surface area contributed by atoms with Gasteiger partial charge in [0.2, 0.25) is 0 Å². The second-order valence-electron chi connectivity index (χ2n) is 6.08. The quantitative estimate of drug-likeness (QED) is 0.825. The number of carbonyl (C=O) groups is 2. The molecule has 1 amide bonds. The summed E-state index contributed by atoms with van der Waals surface area (Å²) in [4.78, 5) is 24.6. The Bertz CT molecular complexity index is 842. The van der Waals surface area contributed by atoms with Crippen LogP contribution >= 0.6 is 0 Å². The smallest absolute Gasteiger partial charge is 0.259 e. The van der Waals surface area contributed by atoms with Crippen LogP contribution in [0.15, 0.2) is 53.6 Å². The lowest BCUT2D eigenvalue weighted by atomic mass is 9.98. The van der Waals surface area contributed by atoms with Crippen molar-refractivity contribution in [3.05, 3.63) is 65.2 Å². The number of hydrogen-bond acceptors (Lipinski definition) is 4. The topological polar surface area (TPSA) is 70.6 Å². The fourth-order valence-electron chi connectivity index (χ4n) is 3.08. The lowest BCUT2D eigenvalue weighted by molar-refractivity contribution is -0.119. The summed E-state index contributed by atoms with van der Waals surface area (Å²) in [5.41, 5.74) is 6.60. The van der Waals surface area contributed by atoms with Gasteiger partial charge in [0, 0.05) is 17.2 Å². The number of Topliss-reactive ketones (excluding diaryl/α,β-unsaturated/α-hetero) is 1. The number of rotatable bonds is 5. The van der Waals surface area contributed by atoms with E-state index in [0.717, 1.165) is 28.8 Å². The van der Waals surface area contributed by atoms with Gasteiger partial charge in [0.25, 0.3) is 5.91 Å². The standard InChI is InChI=1S/C20H21N3O2/c1-3-14-15-9-5-6-10-16(15)19(20(14)25)23-22-18(24)12-21-17-11-7-4-8-13(17)2/h4-11,14,21H,3,12H2,1-2H3,(H,22,24). The molecule has 1 aliphatic carbocycles. The number of hydrogen-bond donors (Lipinski definition) is 2. The van der Waals surface area contributed by atoms with Gasteiger partial charge in [0.1, 0.15) is 5.71 Å². The van der Waals surface area contributed by atoms with Gasteiger partial charge in [-0.15, -0.1) is 0 Å². The molecule has 2 N–H and O–H groups in total. The Kier molecular flexibility index (Phi) is 4.93. The highest BCUT2D eigenvalue weighted by Crippen LogP contribution is 2.32. The summed E-state index contributed by atoms with van der Waals surface area (Å²) < 4.78 is 0. The molecule has 0 saturated carbocycles. The molecule has 1 unspecified atom stereocenters.